The average molecular weight is 346 g/mol. The molecule has 9 heteroatoms. The van der Waals surface area contributed by atoms with Crippen LogP contribution in [0.5, 0.6) is 0 Å². The SMILES string of the molecule is NCCOCCOCCOCCOC(C=NCCCCC=O)=NN. The van der Waals surface area contributed by atoms with Gasteiger partial charge in [-0.15, -0.1) is 5.10 Å². The van der Waals surface area contributed by atoms with Crippen molar-refractivity contribution >= 4 is 18.4 Å². The summed E-state index contributed by atoms with van der Waals surface area (Å²) in [6, 6.07) is 0. The lowest BCUT2D eigenvalue weighted by Crippen LogP contribution is -2.16. The van der Waals surface area contributed by atoms with Gasteiger partial charge in [0.2, 0.25) is 5.90 Å². The summed E-state index contributed by atoms with van der Waals surface area (Å²) in [6.07, 6.45) is 4.61. The summed E-state index contributed by atoms with van der Waals surface area (Å²) >= 11 is 0. The molecule has 0 aliphatic heterocycles. The van der Waals surface area contributed by atoms with E-state index >= 15 is 0 Å². The van der Waals surface area contributed by atoms with Gasteiger partial charge in [0.1, 0.15) is 12.9 Å². The van der Waals surface area contributed by atoms with Gasteiger partial charge in [-0.25, -0.2) is 0 Å². The highest BCUT2D eigenvalue weighted by Crippen LogP contribution is 1.92. The Kier molecular flexibility index (Phi) is 18.2. The minimum atomic E-state index is 0.252. The predicted octanol–water partition coefficient (Wildman–Crippen LogP) is -0.276. The number of ether oxygens (including phenoxy) is 4. The quantitative estimate of drug-likeness (QED) is 0.0925. The van der Waals surface area contributed by atoms with Crippen molar-refractivity contribution in [3.05, 3.63) is 0 Å². The van der Waals surface area contributed by atoms with Gasteiger partial charge < -0.3 is 35.3 Å². The Hall–Kier alpha value is -1.55. The predicted molar refractivity (Wildman–Crippen MR) is 92.4 cm³/mol. The van der Waals surface area contributed by atoms with E-state index in [1.807, 2.05) is 0 Å². The van der Waals surface area contributed by atoms with E-state index in [9.17, 15) is 4.79 Å². The van der Waals surface area contributed by atoms with Crippen LogP contribution in [0.3, 0.4) is 0 Å². The number of carbonyl (C=O) groups is 1. The van der Waals surface area contributed by atoms with Crippen LogP contribution in [0.1, 0.15) is 19.3 Å². The Morgan fingerprint density at radius 2 is 1.54 bits per heavy atom. The van der Waals surface area contributed by atoms with E-state index in [4.69, 9.17) is 30.5 Å². The molecule has 0 bridgehead atoms. The van der Waals surface area contributed by atoms with Crippen LogP contribution in [0.4, 0.5) is 0 Å². The van der Waals surface area contributed by atoms with E-state index < -0.39 is 0 Å². The van der Waals surface area contributed by atoms with Crippen LogP contribution >= 0.6 is 0 Å². The van der Waals surface area contributed by atoms with Crippen LogP contribution in [-0.2, 0) is 23.7 Å². The van der Waals surface area contributed by atoms with Crippen LogP contribution in [-0.4, -0.2) is 77.7 Å². The Balaban J connectivity index is 3.41. The highest BCUT2D eigenvalue weighted by atomic mass is 16.6. The molecule has 9 nitrogen and oxygen atoms in total. The first kappa shape index (κ1) is 22.4. The normalized spacial score (nSPS) is 12.0. The van der Waals surface area contributed by atoms with E-state index in [1.165, 1.54) is 6.21 Å². The summed E-state index contributed by atoms with van der Waals surface area (Å²) < 4.78 is 21.1. The van der Waals surface area contributed by atoms with Gasteiger partial charge in [0.05, 0.1) is 45.9 Å². The third-order valence-corrected chi connectivity index (χ3v) is 2.67. The number of rotatable bonds is 17. The third kappa shape index (κ3) is 16.8. The fourth-order valence-corrected chi connectivity index (χ4v) is 1.51. The van der Waals surface area contributed by atoms with Crippen molar-refractivity contribution in [1.82, 2.24) is 0 Å². The number of carbonyl (C=O) groups excluding carboxylic acids is 1. The molecule has 0 aliphatic carbocycles. The van der Waals surface area contributed by atoms with E-state index in [1.54, 1.807) is 0 Å². The largest absolute Gasteiger partial charge is 0.473 e. The molecular formula is C15H30N4O5. The van der Waals surface area contributed by atoms with Crippen molar-refractivity contribution in [1.29, 1.82) is 0 Å². The molecule has 0 aromatic carbocycles. The average Bonchev–Trinajstić information content (AvgIpc) is 2.60. The van der Waals surface area contributed by atoms with E-state index in [-0.39, 0.29) is 5.90 Å². The van der Waals surface area contributed by atoms with E-state index in [0.717, 1.165) is 19.1 Å². The molecule has 0 radical (unpaired) electrons. The molecular weight excluding hydrogens is 316 g/mol. The van der Waals surface area contributed by atoms with Crippen LogP contribution in [0.15, 0.2) is 10.1 Å². The van der Waals surface area contributed by atoms with Gasteiger partial charge in [-0.05, 0) is 12.8 Å². The van der Waals surface area contributed by atoms with Gasteiger partial charge in [0.15, 0.2) is 0 Å². The minimum absolute atomic E-state index is 0.252. The maximum absolute atomic E-state index is 10.2. The van der Waals surface area contributed by atoms with Crippen LogP contribution < -0.4 is 11.6 Å². The molecule has 0 unspecified atom stereocenters. The van der Waals surface area contributed by atoms with E-state index in [2.05, 4.69) is 10.1 Å². The second-order valence-corrected chi connectivity index (χ2v) is 4.64. The topological polar surface area (TPSA) is 131 Å². The number of nitrogens with two attached hydrogens (primary N) is 2. The third-order valence-electron chi connectivity index (χ3n) is 2.67. The molecule has 0 heterocycles. The van der Waals surface area contributed by atoms with Gasteiger partial charge in [-0.1, -0.05) is 0 Å². The molecule has 0 aliphatic rings. The van der Waals surface area contributed by atoms with Crippen LogP contribution in [0, 0.1) is 0 Å². The van der Waals surface area contributed by atoms with Gasteiger partial charge in [0.25, 0.3) is 0 Å². The zero-order valence-electron chi connectivity index (χ0n) is 14.2. The molecule has 0 aromatic rings. The van der Waals surface area contributed by atoms with Gasteiger partial charge >= 0.3 is 0 Å². The first-order valence-electron chi connectivity index (χ1n) is 8.12. The molecule has 0 saturated carbocycles. The number of aldehydes is 1. The van der Waals surface area contributed by atoms with Crippen LogP contribution in [0.25, 0.3) is 0 Å². The number of hydrogen-bond donors (Lipinski definition) is 2. The van der Waals surface area contributed by atoms with Crippen molar-refractivity contribution in [2.75, 3.05) is 59.3 Å². The lowest BCUT2D eigenvalue weighted by atomic mass is 10.2. The maximum Gasteiger partial charge on any atom is 0.248 e. The monoisotopic (exact) mass is 346 g/mol. The summed E-state index contributed by atoms with van der Waals surface area (Å²) in [4.78, 5) is 14.3. The summed E-state index contributed by atoms with van der Waals surface area (Å²) in [6.45, 7) is 4.42. The molecule has 0 amide bonds. The zero-order valence-corrected chi connectivity index (χ0v) is 14.2. The van der Waals surface area contributed by atoms with Gasteiger partial charge in [-0.2, -0.15) is 0 Å². The van der Waals surface area contributed by atoms with Crippen molar-refractivity contribution in [3.63, 3.8) is 0 Å². The summed E-state index contributed by atoms with van der Waals surface area (Å²) in [5.74, 6) is 5.46. The lowest BCUT2D eigenvalue weighted by Gasteiger charge is -2.07. The van der Waals surface area contributed by atoms with Gasteiger partial charge in [-0.3, -0.25) is 4.99 Å². The van der Waals surface area contributed by atoms with E-state index in [0.29, 0.717) is 65.8 Å². The zero-order chi connectivity index (χ0) is 17.7. The first-order valence-corrected chi connectivity index (χ1v) is 8.12. The second kappa shape index (κ2) is 19.5. The van der Waals surface area contributed by atoms with Crippen molar-refractivity contribution in [2.24, 2.45) is 21.7 Å². The van der Waals surface area contributed by atoms with Crippen LogP contribution in [0.2, 0.25) is 0 Å². The Morgan fingerprint density at radius 3 is 2.12 bits per heavy atom. The summed E-state index contributed by atoms with van der Waals surface area (Å²) in [5.41, 5.74) is 5.29. The van der Waals surface area contributed by atoms with Crippen molar-refractivity contribution < 1.29 is 23.7 Å². The second-order valence-electron chi connectivity index (χ2n) is 4.64. The fourth-order valence-electron chi connectivity index (χ4n) is 1.51. The number of unbranched alkanes of at least 4 members (excludes halogenated alkanes) is 2. The number of hydrazone groups is 1. The summed E-state index contributed by atoms with van der Waals surface area (Å²) in [7, 11) is 0. The van der Waals surface area contributed by atoms with Crippen molar-refractivity contribution in [2.45, 2.75) is 19.3 Å². The number of hydrogen-bond acceptors (Lipinski definition) is 9. The molecule has 4 N–H and O–H groups in total. The maximum atomic E-state index is 10.2. The van der Waals surface area contributed by atoms with Crippen molar-refractivity contribution in [3.8, 4) is 0 Å². The molecule has 24 heavy (non-hydrogen) atoms. The lowest BCUT2D eigenvalue weighted by molar-refractivity contribution is -0.107. The fraction of sp³-hybridized carbons (Fsp3) is 0.800. The highest BCUT2D eigenvalue weighted by molar-refractivity contribution is 6.26. The number of aliphatic imine (C=N–C) groups is 1. The Bertz CT molecular complexity index is 340. The molecule has 0 rings (SSSR count). The molecule has 0 atom stereocenters. The molecule has 0 spiro atoms. The Morgan fingerprint density at radius 1 is 0.917 bits per heavy atom. The summed E-state index contributed by atoms with van der Waals surface area (Å²) in [5, 5.41) is 3.49. The molecule has 0 saturated heterocycles. The number of nitrogens with zero attached hydrogens (tertiary/aromatic N) is 2. The Labute approximate surface area is 143 Å². The first-order chi connectivity index (χ1) is 11.8. The minimum Gasteiger partial charge on any atom is -0.473 e. The molecule has 140 valence electrons. The standard InChI is InChI=1S/C15H30N4O5/c16-4-7-21-8-9-22-10-11-23-12-13-24-15(19-17)14-18-5-2-1-3-6-20/h6,14H,1-5,7-13,16-17H2. The molecule has 0 aromatic heterocycles. The highest BCUT2D eigenvalue weighted by Gasteiger charge is 1.97. The van der Waals surface area contributed by atoms with Gasteiger partial charge in [0, 0.05) is 19.5 Å². The smallest absolute Gasteiger partial charge is 0.248 e. The molecule has 0 fully saturated rings.